The van der Waals surface area contributed by atoms with E-state index in [1.807, 2.05) is 23.8 Å². The van der Waals surface area contributed by atoms with E-state index in [0.29, 0.717) is 19.5 Å². The van der Waals surface area contributed by atoms with Crippen LogP contribution in [0.5, 0.6) is 5.75 Å². The number of ether oxygens (including phenoxy) is 1. The molecule has 9 heteroatoms. The lowest BCUT2D eigenvalue weighted by molar-refractivity contribution is -0.129. The Kier molecular flexibility index (Phi) is 12.0. The van der Waals surface area contributed by atoms with Gasteiger partial charge in [0.2, 0.25) is 5.91 Å². The molecule has 6 nitrogen and oxygen atoms in total. The molecule has 0 radical (unpaired) electrons. The maximum Gasteiger partial charge on any atom is 0.387 e. The van der Waals surface area contributed by atoms with E-state index in [4.69, 9.17) is 4.99 Å². The summed E-state index contributed by atoms with van der Waals surface area (Å²) in [4.78, 5) is 20.7. The topological polar surface area (TPSA) is 57.2 Å². The lowest BCUT2D eigenvalue weighted by Crippen LogP contribution is -2.39. The van der Waals surface area contributed by atoms with Crippen LogP contribution in [0.25, 0.3) is 0 Å². The maximum absolute atomic E-state index is 12.3. The van der Waals surface area contributed by atoms with Gasteiger partial charge in [0.1, 0.15) is 5.75 Å². The highest BCUT2D eigenvalue weighted by atomic mass is 127. The number of nitrogens with one attached hydrogen (secondary N) is 1. The molecule has 170 valence electrons. The summed E-state index contributed by atoms with van der Waals surface area (Å²) in [7, 11) is 1.94. The second-order valence-corrected chi connectivity index (χ2v) is 7.16. The fourth-order valence-corrected chi connectivity index (χ4v) is 3.55. The molecule has 1 fully saturated rings. The number of likely N-dealkylation sites (tertiary alicyclic amines) is 1. The molecule has 1 aliphatic heterocycles. The highest BCUT2D eigenvalue weighted by molar-refractivity contribution is 14.0. The van der Waals surface area contributed by atoms with Gasteiger partial charge in [-0.15, -0.1) is 24.0 Å². The highest BCUT2D eigenvalue weighted by Crippen LogP contribution is 2.18. The molecule has 30 heavy (non-hydrogen) atoms. The van der Waals surface area contributed by atoms with Gasteiger partial charge in [0.25, 0.3) is 0 Å². The minimum atomic E-state index is -2.82. The van der Waals surface area contributed by atoms with Crippen molar-refractivity contribution in [1.82, 2.24) is 15.1 Å². The smallest absolute Gasteiger partial charge is 0.387 e. The highest BCUT2D eigenvalue weighted by Gasteiger charge is 2.26. The van der Waals surface area contributed by atoms with Gasteiger partial charge in [0.05, 0.1) is 0 Å². The zero-order valence-electron chi connectivity index (χ0n) is 17.9. The molecular weight excluding hydrogens is 505 g/mol. The van der Waals surface area contributed by atoms with E-state index in [1.54, 1.807) is 12.1 Å². The summed E-state index contributed by atoms with van der Waals surface area (Å²) in [5.74, 6) is 1.18. The summed E-state index contributed by atoms with van der Waals surface area (Å²) in [5, 5.41) is 3.28. The van der Waals surface area contributed by atoms with E-state index in [1.165, 1.54) is 12.1 Å². The molecule has 1 atom stereocenters. The Morgan fingerprint density at radius 1 is 1.30 bits per heavy atom. The maximum atomic E-state index is 12.3. The number of rotatable bonds is 10. The predicted molar refractivity (Wildman–Crippen MR) is 126 cm³/mol. The van der Waals surface area contributed by atoms with Gasteiger partial charge in [-0.25, -0.2) is 0 Å². The van der Waals surface area contributed by atoms with E-state index in [2.05, 4.69) is 17.0 Å². The molecule has 2 rings (SSSR count). The number of benzene rings is 1. The molecule has 1 heterocycles. The number of nitrogens with zero attached hydrogens (tertiary/aromatic N) is 3. The predicted octanol–water partition coefficient (Wildman–Crippen LogP) is 4.09. The average Bonchev–Trinajstić information content (AvgIpc) is 3.11. The normalized spacial score (nSPS) is 15.2. The van der Waals surface area contributed by atoms with Crippen molar-refractivity contribution in [1.29, 1.82) is 0 Å². The number of carbonyl (C=O) groups is 1. The molecule has 1 saturated heterocycles. The third-order valence-electron chi connectivity index (χ3n) is 5.01. The lowest BCUT2D eigenvalue weighted by atomic mass is 10.1. The van der Waals surface area contributed by atoms with Crippen molar-refractivity contribution in [3.63, 3.8) is 0 Å². The average molecular weight is 538 g/mol. The lowest BCUT2D eigenvalue weighted by Gasteiger charge is -2.27. The first kappa shape index (κ1) is 26.4. The first-order chi connectivity index (χ1) is 13.9. The van der Waals surface area contributed by atoms with Crippen LogP contribution in [0.2, 0.25) is 0 Å². The van der Waals surface area contributed by atoms with Gasteiger partial charge in [-0.3, -0.25) is 9.79 Å². The second kappa shape index (κ2) is 13.6. The molecule has 1 N–H and O–H groups in total. The molecule has 1 unspecified atom stereocenters. The van der Waals surface area contributed by atoms with Gasteiger partial charge in [0.15, 0.2) is 5.96 Å². The molecule has 1 amide bonds. The first-order valence-corrected chi connectivity index (χ1v) is 10.3. The van der Waals surface area contributed by atoms with Gasteiger partial charge in [-0.2, -0.15) is 8.78 Å². The van der Waals surface area contributed by atoms with Crippen molar-refractivity contribution >= 4 is 35.8 Å². The fraction of sp³-hybridized carbons (Fsp3) is 0.619. The minimum Gasteiger partial charge on any atom is -0.435 e. The van der Waals surface area contributed by atoms with Gasteiger partial charge in [-0.05, 0) is 43.9 Å². The number of carbonyl (C=O) groups excluding carboxylic acids is 1. The molecule has 0 saturated carbocycles. The van der Waals surface area contributed by atoms with E-state index in [9.17, 15) is 13.6 Å². The number of alkyl halides is 2. The van der Waals surface area contributed by atoms with Crippen LogP contribution in [0.3, 0.4) is 0 Å². The summed E-state index contributed by atoms with van der Waals surface area (Å²) < 4.78 is 28.9. The molecular formula is C21H33F2IN4O2. The van der Waals surface area contributed by atoms with Crippen LogP contribution in [0.15, 0.2) is 29.3 Å². The SMILES string of the molecule is CCNC(=NCCC(CC)N1CCCC1=O)N(C)Cc1ccc(OC(F)F)cc1.I. The molecule has 0 aromatic heterocycles. The number of amides is 1. The van der Waals surface area contributed by atoms with Crippen LogP contribution >= 0.6 is 24.0 Å². The third kappa shape index (κ3) is 8.23. The monoisotopic (exact) mass is 538 g/mol. The fourth-order valence-electron chi connectivity index (χ4n) is 3.55. The van der Waals surface area contributed by atoms with E-state index in [-0.39, 0.29) is 41.7 Å². The summed E-state index contributed by atoms with van der Waals surface area (Å²) in [6, 6.07) is 6.86. The quantitative estimate of drug-likeness (QED) is 0.277. The van der Waals surface area contributed by atoms with Crippen LogP contribution in [0, 0.1) is 0 Å². The van der Waals surface area contributed by atoms with Crippen molar-refractivity contribution < 1.29 is 18.3 Å². The Morgan fingerprint density at radius 2 is 2.00 bits per heavy atom. The number of guanidine groups is 1. The largest absolute Gasteiger partial charge is 0.435 e. The van der Waals surface area contributed by atoms with Crippen LogP contribution in [-0.2, 0) is 11.3 Å². The number of hydrogen-bond acceptors (Lipinski definition) is 3. The summed E-state index contributed by atoms with van der Waals surface area (Å²) in [5.41, 5.74) is 0.966. The van der Waals surface area contributed by atoms with E-state index >= 15 is 0 Å². The Hall–Kier alpha value is -1.65. The molecule has 1 aromatic rings. The van der Waals surface area contributed by atoms with Crippen LogP contribution < -0.4 is 10.1 Å². The molecule has 0 aliphatic carbocycles. The molecule has 0 spiro atoms. The number of hydrogen-bond donors (Lipinski definition) is 1. The standard InChI is InChI=1S/C21H32F2N4O2.HI/c1-4-17(27-14-6-7-19(27)28)12-13-25-21(24-5-2)26(3)15-16-8-10-18(11-9-16)29-20(22)23;/h8-11,17,20H,4-7,12-15H2,1-3H3,(H,24,25);1H. The number of aliphatic imine (C=N–C) groups is 1. The van der Waals surface area contributed by atoms with E-state index in [0.717, 1.165) is 43.9 Å². The van der Waals surface area contributed by atoms with Crippen molar-refractivity contribution in [2.45, 2.75) is 58.7 Å². The van der Waals surface area contributed by atoms with Gasteiger partial charge < -0.3 is 19.9 Å². The van der Waals surface area contributed by atoms with Crippen molar-refractivity contribution in [3.05, 3.63) is 29.8 Å². The Balaban J connectivity index is 0.00000450. The first-order valence-electron chi connectivity index (χ1n) is 10.3. The van der Waals surface area contributed by atoms with Gasteiger partial charge in [-0.1, -0.05) is 19.1 Å². The Bertz CT molecular complexity index is 673. The van der Waals surface area contributed by atoms with Crippen LogP contribution in [0.1, 0.15) is 45.1 Å². The Morgan fingerprint density at radius 3 is 2.53 bits per heavy atom. The summed E-state index contributed by atoms with van der Waals surface area (Å²) in [6.45, 7) is 4.12. The summed E-state index contributed by atoms with van der Waals surface area (Å²) >= 11 is 0. The number of halogens is 3. The summed E-state index contributed by atoms with van der Waals surface area (Å²) in [6.07, 6.45) is 3.38. The van der Waals surface area contributed by atoms with Crippen molar-refractivity contribution in [3.8, 4) is 5.75 Å². The third-order valence-corrected chi connectivity index (χ3v) is 5.01. The molecule has 1 aliphatic rings. The van der Waals surface area contributed by atoms with Crippen LogP contribution in [0.4, 0.5) is 8.78 Å². The molecule has 0 bridgehead atoms. The molecule has 1 aromatic carbocycles. The van der Waals surface area contributed by atoms with Crippen LogP contribution in [-0.4, -0.2) is 61.0 Å². The zero-order chi connectivity index (χ0) is 21.2. The van der Waals surface area contributed by atoms with Gasteiger partial charge >= 0.3 is 6.61 Å². The zero-order valence-corrected chi connectivity index (χ0v) is 20.3. The van der Waals surface area contributed by atoms with Crippen molar-refractivity contribution in [2.24, 2.45) is 4.99 Å². The van der Waals surface area contributed by atoms with Crippen molar-refractivity contribution in [2.75, 3.05) is 26.7 Å². The minimum absolute atomic E-state index is 0. The second-order valence-electron chi connectivity index (χ2n) is 7.16. The van der Waals surface area contributed by atoms with E-state index < -0.39 is 6.61 Å². The Labute approximate surface area is 195 Å². The van der Waals surface area contributed by atoms with Gasteiger partial charge in [0, 0.05) is 45.7 Å².